The summed E-state index contributed by atoms with van der Waals surface area (Å²) in [6, 6.07) is 10.9. The van der Waals surface area contributed by atoms with Gasteiger partial charge < -0.3 is 4.90 Å². The molecule has 2 rings (SSSR count). The van der Waals surface area contributed by atoms with E-state index in [9.17, 15) is 4.79 Å². The highest BCUT2D eigenvalue weighted by atomic mass is 16.2. The van der Waals surface area contributed by atoms with Crippen LogP contribution in [-0.2, 0) is 11.3 Å². The summed E-state index contributed by atoms with van der Waals surface area (Å²) in [4.78, 5) is 15.9. The van der Waals surface area contributed by atoms with Crippen LogP contribution >= 0.6 is 0 Å². The molecule has 0 N–H and O–H groups in total. The SMILES string of the molecule is C=CC(=O)N1CCN(Cc2ccccc2)[C@H](C)C1. The molecule has 0 bridgehead atoms. The summed E-state index contributed by atoms with van der Waals surface area (Å²) in [5, 5.41) is 0. The second-order valence-corrected chi connectivity index (χ2v) is 4.79. The van der Waals surface area contributed by atoms with Gasteiger partial charge in [-0.15, -0.1) is 0 Å². The first-order chi connectivity index (χ1) is 8.70. The number of rotatable bonds is 3. The van der Waals surface area contributed by atoms with Crippen LogP contribution in [-0.4, -0.2) is 41.4 Å². The summed E-state index contributed by atoms with van der Waals surface area (Å²) in [5.41, 5.74) is 1.33. The van der Waals surface area contributed by atoms with Gasteiger partial charge in [0.05, 0.1) is 0 Å². The normalized spacial score (nSPS) is 20.7. The van der Waals surface area contributed by atoms with Crippen molar-refractivity contribution in [1.82, 2.24) is 9.80 Å². The van der Waals surface area contributed by atoms with E-state index in [1.807, 2.05) is 11.0 Å². The molecular weight excluding hydrogens is 224 g/mol. The minimum absolute atomic E-state index is 0.0428. The Morgan fingerprint density at radius 3 is 2.72 bits per heavy atom. The van der Waals surface area contributed by atoms with Crippen LogP contribution in [0.15, 0.2) is 43.0 Å². The summed E-state index contributed by atoms with van der Waals surface area (Å²) in [6.45, 7) is 9.18. The fourth-order valence-corrected chi connectivity index (χ4v) is 2.38. The quantitative estimate of drug-likeness (QED) is 0.758. The van der Waals surface area contributed by atoms with E-state index in [-0.39, 0.29) is 5.91 Å². The molecule has 0 radical (unpaired) electrons. The van der Waals surface area contributed by atoms with Gasteiger partial charge in [-0.2, -0.15) is 0 Å². The Morgan fingerprint density at radius 2 is 2.11 bits per heavy atom. The van der Waals surface area contributed by atoms with E-state index in [2.05, 4.69) is 42.7 Å². The average molecular weight is 244 g/mol. The van der Waals surface area contributed by atoms with Crippen LogP contribution < -0.4 is 0 Å². The first kappa shape index (κ1) is 12.8. The zero-order chi connectivity index (χ0) is 13.0. The molecule has 1 aliphatic rings. The molecule has 0 aliphatic carbocycles. The molecule has 1 atom stereocenters. The molecular formula is C15H20N2O. The molecule has 3 heteroatoms. The standard InChI is InChI=1S/C15H20N2O/c1-3-15(18)17-10-9-16(13(2)11-17)12-14-7-5-4-6-8-14/h3-8,13H,1,9-12H2,2H3/t13-/m1/s1. The fourth-order valence-electron chi connectivity index (χ4n) is 2.38. The van der Waals surface area contributed by atoms with Crippen molar-refractivity contribution in [2.45, 2.75) is 19.5 Å². The van der Waals surface area contributed by atoms with Crippen molar-refractivity contribution in [1.29, 1.82) is 0 Å². The van der Waals surface area contributed by atoms with E-state index in [1.165, 1.54) is 11.6 Å². The Labute approximate surface area is 109 Å². The van der Waals surface area contributed by atoms with Gasteiger partial charge in [-0.3, -0.25) is 9.69 Å². The van der Waals surface area contributed by atoms with Crippen molar-refractivity contribution < 1.29 is 4.79 Å². The van der Waals surface area contributed by atoms with Crippen LogP contribution in [0.5, 0.6) is 0 Å². The maximum absolute atomic E-state index is 11.6. The topological polar surface area (TPSA) is 23.6 Å². The molecule has 0 unspecified atom stereocenters. The smallest absolute Gasteiger partial charge is 0.246 e. The van der Waals surface area contributed by atoms with Gasteiger partial charge in [-0.1, -0.05) is 36.9 Å². The Morgan fingerprint density at radius 1 is 1.39 bits per heavy atom. The van der Waals surface area contributed by atoms with Gasteiger partial charge in [0.1, 0.15) is 0 Å². The van der Waals surface area contributed by atoms with Crippen LogP contribution in [0.4, 0.5) is 0 Å². The van der Waals surface area contributed by atoms with Crippen molar-refractivity contribution in [3.05, 3.63) is 48.6 Å². The summed E-state index contributed by atoms with van der Waals surface area (Å²) in [7, 11) is 0. The summed E-state index contributed by atoms with van der Waals surface area (Å²) >= 11 is 0. The van der Waals surface area contributed by atoms with Crippen LogP contribution in [0.2, 0.25) is 0 Å². The molecule has 1 saturated heterocycles. The fraction of sp³-hybridized carbons (Fsp3) is 0.400. The lowest BCUT2D eigenvalue weighted by molar-refractivity contribution is -0.128. The molecule has 0 saturated carbocycles. The summed E-state index contributed by atoms with van der Waals surface area (Å²) in [6.07, 6.45) is 1.40. The van der Waals surface area contributed by atoms with Gasteiger partial charge >= 0.3 is 0 Å². The predicted molar refractivity (Wildman–Crippen MR) is 73.1 cm³/mol. The number of nitrogens with zero attached hydrogens (tertiary/aromatic N) is 2. The molecule has 0 spiro atoms. The number of benzene rings is 1. The number of hydrogen-bond acceptors (Lipinski definition) is 2. The Balaban J connectivity index is 1.94. The maximum Gasteiger partial charge on any atom is 0.246 e. The van der Waals surface area contributed by atoms with E-state index in [1.54, 1.807) is 0 Å². The average Bonchev–Trinajstić information content (AvgIpc) is 2.41. The predicted octanol–water partition coefficient (Wildman–Crippen LogP) is 1.91. The maximum atomic E-state index is 11.6. The lowest BCUT2D eigenvalue weighted by Crippen LogP contribution is -2.52. The highest BCUT2D eigenvalue weighted by Gasteiger charge is 2.25. The number of carbonyl (C=O) groups excluding carboxylic acids is 1. The molecule has 3 nitrogen and oxygen atoms in total. The second-order valence-electron chi connectivity index (χ2n) is 4.79. The monoisotopic (exact) mass is 244 g/mol. The third-order valence-electron chi connectivity index (χ3n) is 3.48. The van der Waals surface area contributed by atoms with Gasteiger partial charge in [-0.05, 0) is 18.6 Å². The number of carbonyl (C=O) groups is 1. The molecule has 18 heavy (non-hydrogen) atoms. The van der Waals surface area contributed by atoms with Crippen LogP contribution in [0, 0.1) is 0 Å². The number of piperazine rings is 1. The van der Waals surface area contributed by atoms with Crippen molar-refractivity contribution in [3.8, 4) is 0 Å². The lowest BCUT2D eigenvalue weighted by atomic mass is 10.1. The second kappa shape index (κ2) is 5.83. The van der Waals surface area contributed by atoms with Gasteiger partial charge in [0.15, 0.2) is 0 Å². The van der Waals surface area contributed by atoms with Gasteiger partial charge in [0.25, 0.3) is 0 Å². The van der Waals surface area contributed by atoms with Gasteiger partial charge in [0.2, 0.25) is 5.91 Å². The van der Waals surface area contributed by atoms with Gasteiger partial charge in [-0.25, -0.2) is 0 Å². The zero-order valence-corrected chi connectivity index (χ0v) is 10.9. The lowest BCUT2D eigenvalue weighted by Gasteiger charge is -2.39. The molecule has 1 heterocycles. The Bertz CT molecular complexity index is 416. The molecule has 1 amide bonds. The Kier molecular flexibility index (Phi) is 4.15. The Hall–Kier alpha value is -1.61. The highest BCUT2D eigenvalue weighted by molar-refractivity contribution is 5.87. The third kappa shape index (κ3) is 2.99. The number of hydrogen-bond donors (Lipinski definition) is 0. The van der Waals surface area contributed by atoms with Crippen LogP contribution in [0.1, 0.15) is 12.5 Å². The minimum Gasteiger partial charge on any atom is -0.336 e. The van der Waals surface area contributed by atoms with E-state index < -0.39 is 0 Å². The molecule has 1 aromatic rings. The van der Waals surface area contributed by atoms with E-state index in [4.69, 9.17) is 0 Å². The zero-order valence-electron chi connectivity index (χ0n) is 10.9. The van der Waals surface area contributed by atoms with Crippen molar-refractivity contribution >= 4 is 5.91 Å². The highest BCUT2D eigenvalue weighted by Crippen LogP contribution is 2.14. The first-order valence-corrected chi connectivity index (χ1v) is 6.40. The minimum atomic E-state index is 0.0428. The molecule has 96 valence electrons. The van der Waals surface area contributed by atoms with Crippen molar-refractivity contribution in [2.75, 3.05) is 19.6 Å². The van der Waals surface area contributed by atoms with Crippen molar-refractivity contribution in [3.63, 3.8) is 0 Å². The van der Waals surface area contributed by atoms with Crippen LogP contribution in [0.3, 0.4) is 0 Å². The molecule has 1 fully saturated rings. The van der Waals surface area contributed by atoms with Crippen molar-refractivity contribution in [2.24, 2.45) is 0 Å². The molecule has 0 aromatic heterocycles. The summed E-state index contributed by atoms with van der Waals surface area (Å²) in [5.74, 6) is 0.0428. The van der Waals surface area contributed by atoms with E-state index >= 15 is 0 Å². The first-order valence-electron chi connectivity index (χ1n) is 6.40. The van der Waals surface area contributed by atoms with Crippen LogP contribution in [0.25, 0.3) is 0 Å². The van der Waals surface area contributed by atoms with E-state index in [0.717, 1.165) is 26.2 Å². The van der Waals surface area contributed by atoms with Gasteiger partial charge in [0, 0.05) is 32.2 Å². The summed E-state index contributed by atoms with van der Waals surface area (Å²) < 4.78 is 0. The third-order valence-corrected chi connectivity index (χ3v) is 3.48. The molecule has 1 aliphatic heterocycles. The number of amides is 1. The molecule has 1 aromatic carbocycles. The van der Waals surface area contributed by atoms with E-state index in [0.29, 0.717) is 6.04 Å². The largest absolute Gasteiger partial charge is 0.336 e.